The molecule has 1 aromatic rings. The van der Waals surface area contributed by atoms with Crippen molar-refractivity contribution in [1.82, 2.24) is 5.32 Å². The third-order valence-corrected chi connectivity index (χ3v) is 2.02. The quantitative estimate of drug-likeness (QED) is 0.832. The zero-order chi connectivity index (χ0) is 12.0. The van der Waals surface area contributed by atoms with Crippen LogP contribution in [-0.2, 0) is 4.79 Å². The minimum absolute atomic E-state index is 0.146. The van der Waals surface area contributed by atoms with Gasteiger partial charge in [-0.3, -0.25) is 4.79 Å². The SMILES string of the molecule is CCNC(=O)C(C)Oc1ccc(C#N)cc1. The fourth-order valence-corrected chi connectivity index (χ4v) is 1.18. The van der Waals surface area contributed by atoms with Crippen LogP contribution in [0.15, 0.2) is 24.3 Å². The number of rotatable bonds is 4. The minimum Gasteiger partial charge on any atom is -0.481 e. The third-order valence-electron chi connectivity index (χ3n) is 2.02. The van der Waals surface area contributed by atoms with Crippen molar-refractivity contribution in [3.8, 4) is 11.8 Å². The Morgan fingerprint density at radius 2 is 2.12 bits per heavy atom. The molecule has 0 bridgehead atoms. The van der Waals surface area contributed by atoms with E-state index in [0.29, 0.717) is 17.9 Å². The Balaban J connectivity index is 2.59. The number of hydrogen-bond acceptors (Lipinski definition) is 3. The van der Waals surface area contributed by atoms with Gasteiger partial charge in [-0.05, 0) is 38.1 Å². The number of carbonyl (C=O) groups is 1. The largest absolute Gasteiger partial charge is 0.481 e. The Morgan fingerprint density at radius 1 is 1.50 bits per heavy atom. The van der Waals surface area contributed by atoms with Gasteiger partial charge in [0.25, 0.3) is 5.91 Å². The van der Waals surface area contributed by atoms with Gasteiger partial charge in [0.15, 0.2) is 6.10 Å². The highest BCUT2D eigenvalue weighted by Crippen LogP contribution is 2.13. The molecule has 1 aromatic carbocycles. The summed E-state index contributed by atoms with van der Waals surface area (Å²) in [4.78, 5) is 11.4. The van der Waals surface area contributed by atoms with Gasteiger partial charge >= 0.3 is 0 Å². The molecule has 1 amide bonds. The van der Waals surface area contributed by atoms with Crippen molar-refractivity contribution in [2.75, 3.05) is 6.54 Å². The monoisotopic (exact) mass is 218 g/mol. The minimum atomic E-state index is -0.534. The summed E-state index contributed by atoms with van der Waals surface area (Å²) < 4.78 is 5.41. The van der Waals surface area contributed by atoms with Gasteiger partial charge in [0.2, 0.25) is 0 Å². The summed E-state index contributed by atoms with van der Waals surface area (Å²) in [6, 6.07) is 8.67. The van der Waals surface area contributed by atoms with E-state index in [0.717, 1.165) is 0 Å². The van der Waals surface area contributed by atoms with E-state index < -0.39 is 6.10 Å². The number of likely N-dealkylation sites (N-methyl/N-ethyl adjacent to an activating group) is 1. The molecule has 4 nitrogen and oxygen atoms in total. The lowest BCUT2D eigenvalue weighted by Crippen LogP contribution is -2.36. The number of benzene rings is 1. The molecular formula is C12H14N2O2. The van der Waals surface area contributed by atoms with Crippen molar-refractivity contribution in [3.63, 3.8) is 0 Å². The maximum atomic E-state index is 11.4. The molecule has 1 unspecified atom stereocenters. The Kier molecular flexibility index (Phi) is 4.34. The van der Waals surface area contributed by atoms with Gasteiger partial charge in [-0.25, -0.2) is 0 Å². The predicted octanol–water partition coefficient (Wildman–Crippen LogP) is 1.46. The fourth-order valence-electron chi connectivity index (χ4n) is 1.18. The summed E-state index contributed by atoms with van der Waals surface area (Å²) >= 11 is 0. The molecule has 0 aliphatic rings. The number of hydrogen-bond donors (Lipinski definition) is 1. The maximum Gasteiger partial charge on any atom is 0.260 e. The highest BCUT2D eigenvalue weighted by atomic mass is 16.5. The standard InChI is InChI=1S/C12H14N2O2/c1-3-14-12(15)9(2)16-11-6-4-10(8-13)5-7-11/h4-7,9H,3H2,1-2H3,(H,14,15). The second-order valence-electron chi connectivity index (χ2n) is 3.29. The van der Waals surface area contributed by atoms with Crippen LogP contribution in [-0.4, -0.2) is 18.6 Å². The van der Waals surface area contributed by atoms with Gasteiger partial charge < -0.3 is 10.1 Å². The molecule has 0 heterocycles. The average molecular weight is 218 g/mol. The van der Waals surface area contributed by atoms with Crippen LogP contribution in [0.3, 0.4) is 0 Å². The second kappa shape index (κ2) is 5.76. The van der Waals surface area contributed by atoms with E-state index in [9.17, 15) is 4.79 Å². The summed E-state index contributed by atoms with van der Waals surface area (Å²) in [6.45, 7) is 4.12. The van der Waals surface area contributed by atoms with Crippen LogP contribution in [0.1, 0.15) is 19.4 Å². The van der Waals surface area contributed by atoms with E-state index in [4.69, 9.17) is 10.00 Å². The predicted molar refractivity (Wildman–Crippen MR) is 59.9 cm³/mol. The molecule has 4 heteroatoms. The highest BCUT2D eigenvalue weighted by molar-refractivity contribution is 5.80. The first-order chi connectivity index (χ1) is 7.67. The zero-order valence-electron chi connectivity index (χ0n) is 9.36. The molecule has 0 radical (unpaired) electrons. The van der Waals surface area contributed by atoms with Crippen molar-refractivity contribution < 1.29 is 9.53 Å². The fraction of sp³-hybridized carbons (Fsp3) is 0.333. The Morgan fingerprint density at radius 3 is 2.62 bits per heavy atom. The first kappa shape index (κ1) is 12.1. The molecule has 0 saturated carbocycles. The molecule has 1 N–H and O–H groups in total. The van der Waals surface area contributed by atoms with E-state index >= 15 is 0 Å². The molecule has 0 aliphatic carbocycles. The molecule has 16 heavy (non-hydrogen) atoms. The lowest BCUT2D eigenvalue weighted by atomic mass is 10.2. The topological polar surface area (TPSA) is 62.1 Å². The number of nitrogens with one attached hydrogen (secondary N) is 1. The molecule has 1 rings (SSSR count). The summed E-state index contributed by atoms with van der Waals surface area (Å²) in [5.41, 5.74) is 0.568. The van der Waals surface area contributed by atoms with Crippen molar-refractivity contribution in [3.05, 3.63) is 29.8 Å². The van der Waals surface area contributed by atoms with Gasteiger partial charge in [-0.15, -0.1) is 0 Å². The van der Waals surface area contributed by atoms with Crippen molar-refractivity contribution in [2.45, 2.75) is 20.0 Å². The highest BCUT2D eigenvalue weighted by Gasteiger charge is 2.12. The zero-order valence-corrected chi connectivity index (χ0v) is 9.36. The van der Waals surface area contributed by atoms with Crippen LogP contribution < -0.4 is 10.1 Å². The summed E-state index contributed by atoms with van der Waals surface area (Å²) in [6.07, 6.45) is -0.534. The molecule has 0 aromatic heterocycles. The smallest absolute Gasteiger partial charge is 0.260 e. The van der Waals surface area contributed by atoms with Crippen LogP contribution in [0, 0.1) is 11.3 Å². The Hall–Kier alpha value is -2.02. The lowest BCUT2D eigenvalue weighted by Gasteiger charge is -2.13. The number of nitrogens with zero attached hydrogens (tertiary/aromatic N) is 1. The van der Waals surface area contributed by atoms with Crippen LogP contribution in [0.5, 0.6) is 5.75 Å². The Bertz CT molecular complexity index is 392. The molecule has 1 atom stereocenters. The van der Waals surface area contributed by atoms with Crippen LogP contribution in [0.2, 0.25) is 0 Å². The summed E-state index contributed by atoms with van der Waals surface area (Å²) in [5.74, 6) is 0.435. The number of nitriles is 1. The van der Waals surface area contributed by atoms with Crippen molar-refractivity contribution >= 4 is 5.91 Å². The van der Waals surface area contributed by atoms with E-state index in [2.05, 4.69) is 5.32 Å². The average Bonchev–Trinajstić information content (AvgIpc) is 2.30. The van der Waals surface area contributed by atoms with Crippen LogP contribution in [0.4, 0.5) is 0 Å². The molecular weight excluding hydrogens is 204 g/mol. The van der Waals surface area contributed by atoms with Crippen LogP contribution in [0.25, 0.3) is 0 Å². The van der Waals surface area contributed by atoms with Gasteiger partial charge in [-0.1, -0.05) is 0 Å². The van der Waals surface area contributed by atoms with E-state index in [1.165, 1.54) is 0 Å². The van der Waals surface area contributed by atoms with E-state index in [1.807, 2.05) is 13.0 Å². The van der Waals surface area contributed by atoms with E-state index in [1.54, 1.807) is 31.2 Å². The lowest BCUT2D eigenvalue weighted by molar-refractivity contribution is -0.127. The third kappa shape index (κ3) is 3.28. The summed E-state index contributed by atoms with van der Waals surface area (Å²) in [5, 5.41) is 11.3. The Labute approximate surface area is 94.8 Å². The second-order valence-corrected chi connectivity index (χ2v) is 3.29. The van der Waals surface area contributed by atoms with E-state index in [-0.39, 0.29) is 5.91 Å². The molecule has 84 valence electrons. The number of carbonyl (C=O) groups excluding carboxylic acids is 1. The molecule has 0 aliphatic heterocycles. The normalized spacial score (nSPS) is 11.3. The number of amides is 1. The summed E-state index contributed by atoms with van der Waals surface area (Å²) in [7, 11) is 0. The molecule has 0 fully saturated rings. The van der Waals surface area contributed by atoms with Crippen molar-refractivity contribution in [2.24, 2.45) is 0 Å². The van der Waals surface area contributed by atoms with Crippen molar-refractivity contribution in [1.29, 1.82) is 5.26 Å². The molecule has 0 spiro atoms. The van der Waals surface area contributed by atoms with Gasteiger partial charge in [0.1, 0.15) is 5.75 Å². The first-order valence-corrected chi connectivity index (χ1v) is 5.12. The van der Waals surface area contributed by atoms with Gasteiger partial charge in [0.05, 0.1) is 11.6 Å². The van der Waals surface area contributed by atoms with Crippen LogP contribution >= 0.6 is 0 Å². The van der Waals surface area contributed by atoms with Gasteiger partial charge in [0, 0.05) is 6.54 Å². The van der Waals surface area contributed by atoms with Gasteiger partial charge in [-0.2, -0.15) is 5.26 Å². The first-order valence-electron chi connectivity index (χ1n) is 5.12. The maximum absolute atomic E-state index is 11.4. The number of ether oxygens (including phenoxy) is 1. The molecule has 0 saturated heterocycles.